The lowest BCUT2D eigenvalue weighted by molar-refractivity contribution is 0.00935. The molecule has 1 saturated heterocycles. The van der Waals surface area contributed by atoms with Crippen LogP contribution < -0.4 is 5.32 Å². The van der Waals surface area contributed by atoms with E-state index in [0.29, 0.717) is 19.3 Å². The van der Waals surface area contributed by atoms with Crippen LogP contribution in [0.2, 0.25) is 0 Å². The van der Waals surface area contributed by atoms with E-state index in [1.54, 1.807) is 0 Å². The van der Waals surface area contributed by atoms with Crippen LogP contribution in [0.25, 0.3) is 0 Å². The quantitative estimate of drug-likeness (QED) is 0.612. The Labute approximate surface area is 110 Å². The van der Waals surface area contributed by atoms with Gasteiger partial charge in [0.25, 0.3) is 0 Å². The van der Waals surface area contributed by atoms with E-state index in [1.165, 1.54) is 32.1 Å². The van der Waals surface area contributed by atoms with Gasteiger partial charge in [0.15, 0.2) is 0 Å². The normalized spacial score (nSPS) is 26.2. The molecule has 0 amide bonds. The lowest BCUT2D eigenvalue weighted by Gasteiger charge is -2.22. The molecule has 4 heteroatoms. The third kappa shape index (κ3) is 6.14. The molecule has 0 aromatic heterocycles. The van der Waals surface area contributed by atoms with Gasteiger partial charge in [-0.2, -0.15) is 0 Å². The molecule has 0 bridgehead atoms. The van der Waals surface area contributed by atoms with Crippen LogP contribution >= 0.6 is 0 Å². The monoisotopic (exact) mass is 257 g/mol. The number of ether oxygens (including phenoxy) is 2. The zero-order chi connectivity index (χ0) is 12.6. The maximum atomic E-state index is 9.70. The van der Waals surface area contributed by atoms with Crippen molar-refractivity contribution in [1.82, 2.24) is 5.32 Å². The summed E-state index contributed by atoms with van der Waals surface area (Å²) in [7, 11) is 0. The Bertz CT molecular complexity index is 215. The minimum absolute atomic E-state index is 0.379. The van der Waals surface area contributed by atoms with Crippen molar-refractivity contribution in [1.29, 1.82) is 0 Å². The molecule has 1 heterocycles. The van der Waals surface area contributed by atoms with Gasteiger partial charge in [0.05, 0.1) is 18.8 Å². The van der Waals surface area contributed by atoms with Crippen molar-refractivity contribution in [2.75, 3.05) is 32.9 Å². The second kappa shape index (κ2) is 8.10. The fraction of sp³-hybridized carbons (Fsp3) is 1.00. The first-order chi connectivity index (χ1) is 8.84. The fourth-order valence-corrected chi connectivity index (χ4v) is 2.28. The van der Waals surface area contributed by atoms with Crippen molar-refractivity contribution >= 4 is 0 Å². The van der Waals surface area contributed by atoms with Gasteiger partial charge in [-0.15, -0.1) is 0 Å². The first kappa shape index (κ1) is 14.3. The van der Waals surface area contributed by atoms with Crippen molar-refractivity contribution < 1.29 is 14.6 Å². The van der Waals surface area contributed by atoms with Crippen LogP contribution in [0.4, 0.5) is 0 Å². The third-order valence-electron chi connectivity index (χ3n) is 3.66. The van der Waals surface area contributed by atoms with Gasteiger partial charge in [-0.25, -0.2) is 0 Å². The maximum Gasteiger partial charge on any atom is 0.0897 e. The van der Waals surface area contributed by atoms with Gasteiger partial charge in [0.2, 0.25) is 0 Å². The van der Waals surface area contributed by atoms with Gasteiger partial charge < -0.3 is 19.9 Å². The van der Waals surface area contributed by atoms with Gasteiger partial charge in [-0.05, 0) is 51.0 Å². The van der Waals surface area contributed by atoms with Crippen molar-refractivity contribution in [3.63, 3.8) is 0 Å². The molecule has 0 aromatic rings. The Kier molecular flexibility index (Phi) is 6.41. The summed E-state index contributed by atoms with van der Waals surface area (Å²) < 4.78 is 11.1. The number of rotatable bonds is 9. The number of aliphatic hydroxyl groups excluding tert-OH is 1. The van der Waals surface area contributed by atoms with Crippen LogP contribution in [-0.2, 0) is 9.47 Å². The number of hydrogen-bond donors (Lipinski definition) is 2. The Hall–Kier alpha value is -0.160. The molecule has 2 aliphatic rings. The topological polar surface area (TPSA) is 50.7 Å². The van der Waals surface area contributed by atoms with E-state index < -0.39 is 0 Å². The summed E-state index contributed by atoms with van der Waals surface area (Å²) in [6.07, 6.45) is 7.39. The molecule has 2 fully saturated rings. The highest BCUT2D eigenvalue weighted by atomic mass is 16.5. The minimum Gasteiger partial charge on any atom is -0.389 e. The maximum absolute atomic E-state index is 9.70. The lowest BCUT2D eigenvalue weighted by atomic mass is 10.1. The van der Waals surface area contributed by atoms with Gasteiger partial charge in [-0.3, -0.25) is 0 Å². The van der Waals surface area contributed by atoms with Crippen molar-refractivity contribution in [3.8, 4) is 0 Å². The van der Waals surface area contributed by atoms with Gasteiger partial charge >= 0.3 is 0 Å². The highest BCUT2D eigenvalue weighted by Gasteiger charge is 2.21. The standard InChI is InChI=1S/C14H27NO3/c16-13(11-17-10-12-4-5-12)9-15-7-6-14-3-1-2-8-18-14/h12-16H,1-11H2. The van der Waals surface area contributed by atoms with Gasteiger partial charge in [0, 0.05) is 19.8 Å². The summed E-state index contributed by atoms with van der Waals surface area (Å²) in [5.74, 6) is 0.772. The zero-order valence-corrected chi connectivity index (χ0v) is 11.3. The van der Waals surface area contributed by atoms with E-state index in [-0.39, 0.29) is 6.10 Å². The Morgan fingerprint density at radius 2 is 2.17 bits per heavy atom. The Balaban J connectivity index is 1.39. The molecular weight excluding hydrogens is 230 g/mol. The largest absolute Gasteiger partial charge is 0.389 e. The van der Waals surface area contributed by atoms with Crippen LogP contribution in [0.1, 0.15) is 38.5 Å². The first-order valence-corrected chi connectivity index (χ1v) is 7.42. The van der Waals surface area contributed by atoms with Crippen LogP contribution in [0.5, 0.6) is 0 Å². The predicted octanol–water partition coefficient (Wildman–Crippen LogP) is 1.32. The molecule has 1 aliphatic heterocycles. The van der Waals surface area contributed by atoms with Crippen LogP contribution in [-0.4, -0.2) is 50.2 Å². The van der Waals surface area contributed by atoms with E-state index in [2.05, 4.69) is 5.32 Å². The van der Waals surface area contributed by atoms with Crippen LogP contribution in [0.15, 0.2) is 0 Å². The van der Waals surface area contributed by atoms with E-state index in [9.17, 15) is 5.11 Å². The second-order valence-electron chi connectivity index (χ2n) is 5.62. The predicted molar refractivity (Wildman–Crippen MR) is 70.6 cm³/mol. The van der Waals surface area contributed by atoms with Crippen molar-refractivity contribution in [2.24, 2.45) is 5.92 Å². The van der Waals surface area contributed by atoms with Gasteiger partial charge in [-0.1, -0.05) is 0 Å². The highest BCUT2D eigenvalue weighted by Crippen LogP contribution is 2.28. The summed E-state index contributed by atoms with van der Waals surface area (Å²) in [5, 5.41) is 13.0. The molecule has 2 atom stereocenters. The molecule has 4 nitrogen and oxygen atoms in total. The molecule has 1 aliphatic carbocycles. The molecule has 2 N–H and O–H groups in total. The smallest absolute Gasteiger partial charge is 0.0897 e. The summed E-state index contributed by atoms with van der Waals surface area (Å²) >= 11 is 0. The molecule has 2 unspecified atom stereocenters. The SMILES string of the molecule is OC(CNCCC1CCCCO1)COCC1CC1. The van der Waals surface area contributed by atoms with E-state index in [4.69, 9.17) is 9.47 Å². The number of hydrogen-bond acceptors (Lipinski definition) is 4. The van der Waals surface area contributed by atoms with Gasteiger partial charge in [0.1, 0.15) is 0 Å². The zero-order valence-electron chi connectivity index (χ0n) is 11.3. The number of aliphatic hydroxyl groups is 1. The summed E-state index contributed by atoms with van der Waals surface area (Å²) in [4.78, 5) is 0. The molecule has 106 valence electrons. The highest BCUT2D eigenvalue weighted by molar-refractivity contribution is 4.72. The first-order valence-electron chi connectivity index (χ1n) is 7.42. The Morgan fingerprint density at radius 3 is 2.89 bits per heavy atom. The van der Waals surface area contributed by atoms with Crippen LogP contribution in [0, 0.1) is 5.92 Å². The minimum atomic E-state index is -0.379. The second-order valence-corrected chi connectivity index (χ2v) is 5.62. The average Bonchev–Trinajstić information content (AvgIpc) is 3.20. The molecule has 0 aromatic carbocycles. The molecule has 2 rings (SSSR count). The molecule has 0 spiro atoms. The van der Waals surface area contributed by atoms with E-state index in [0.717, 1.165) is 32.1 Å². The fourth-order valence-electron chi connectivity index (χ4n) is 2.28. The number of nitrogens with one attached hydrogen (secondary N) is 1. The summed E-state index contributed by atoms with van der Waals surface area (Å²) in [6, 6.07) is 0. The van der Waals surface area contributed by atoms with E-state index in [1.807, 2.05) is 0 Å². The average molecular weight is 257 g/mol. The van der Waals surface area contributed by atoms with E-state index >= 15 is 0 Å². The third-order valence-corrected chi connectivity index (χ3v) is 3.66. The molecule has 0 radical (unpaired) electrons. The summed E-state index contributed by atoms with van der Waals surface area (Å²) in [6.45, 7) is 3.75. The van der Waals surface area contributed by atoms with Crippen LogP contribution in [0.3, 0.4) is 0 Å². The summed E-state index contributed by atoms with van der Waals surface area (Å²) in [5.41, 5.74) is 0. The molecule has 1 saturated carbocycles. The Morgan fingerprint density at radius 1 is 1.28 bits per heavy atom. The van der Waals surface area contributed by atoms with Crippen molar-refractivity contribution in [2.45, 2.75) is 50.7 Å². The lowest BCUT2D eigenvalue weighted by Crippen LogP contribution is -2.33. The van der Waals surface area contributed by atoms with Crippen molar-refractivity contribution in [3.05, 3.63) is 0 Å². The molecular formula is C14H27NO3. The molecule has 18 heavy (non-hydrogen) atoms.